The number of hydrogen-bond donors (Lipinski definition) is 1. The van der Waals surface area contributed by atoms with Crippen molar-refractivity contribution in [3.05, 3.63) is 69.8 Å². The molecule has 0 unspecified atom stereocenters. The van der Waals surface area contributed by atoms with Crippen LogP contribution in [-0.2, 0) is 6.54 Å². The molecule has 2 aromatic heterocycles. The molecule has 0 spiro atoms. The molecule has 0 aliphatic carbocycles. The molecule has 0 radical (unpaired) electrons. The second-order valence-electron chi connectivity index (χ2n) is 6.99. The van der Waals surface area contributed by atoms with E-state index in [1.165, 1.54) is 24.3 Å². The van der Waals surface area contributed by atoms with Gasteiger partial charge in [0.2, 0.25) is 0 Å². The number of nitro groups is 1. The summed E-state index contributed by atoms with van der Waals surface area (Å²) in [6, 6.07) is 14.9. The zero-order valence-corrected chi connectivity index (χ0v) is 16.7. The van der Waals surface area contributed by atoms with Crippen molar-refractivity contribution in [1.29, 1.82) is 5.26 Å². The summed E-state index contributed by atoms with van der Waals surface area (Å²) in [5.41, 5.74) is 2.40. The Morgan fingerprint density at radius 3 is 2.61 bits per heavy atom. The van der Waals surface area contributed by atoms with Gasteiger partial charge in [0.05, 0.1) is 16.0 Å². The predicted octanol–water partition coefficient (Wildman–Crippen LogP) is 4.42. The average molecular weight is 414 g/mol. The molecule has 0 fully saturated rings. The molecule has 4 rings (SSSR count). The smallest absolute Gasteiger partial charge is 0.270 e. The summed E-state index contributed by atoms with van der Waals surface area (Å²) in [5, 5.41) is 23.7. The number of para-hydroxylation sites is 2. The van der Waals surface area contributed by atoms with Crippen molar-refractivity contribution in [2.45, 2.75) is 26.3 Å². The number of aryl methyl sites for hydroxylation is 1. The molecular weight excluding hydrogens is 396 g/mol. The van der Waals surface area contributed by atoms with Crippen molar-refractivity contribution in [1.82, 2.24) is 14.5 Å². The first-order chi connectivity index (χ1) is 15.0. The highest BCUT2D eigenvalue weighted by Gasteiger charge is 2.23. The van der Waals surface area contributed by atoms with E-state index >= 15 is 0 Å². The van der Waals surface area contributed by atoms with Gasteiger partial charge in [-0.3, -0.25) is 14.9 Å². The number of carbonyl (C=O) groups excluding carboxylic acids is 1. The fourth-order valence-corrected chi connectivity index (χ4v) is 3.41. The topological polar surface area (TPSA) is 127 Å². The largest absolute Gasteiger partial charge is 0.309 e. The van der Waals surface area contributed by atoms with Gasteiger partial charge in [-0.2, -0.15) is 5.26 Å². The highest BCUT2D eigenvalue weighted by atomic mass is 16.6. The third-order valence-electron chi connectivity index (χ3n) is 4.95. The van der Waals surface area contributed by atoms with Crippen LogP contribution in [-0.4, -0.2) is 25.4 Å². The van der Waals surface area contributed by atoms with Crippen molar-refractivity contribution >= 4 is 39.6 Å². The van der Waals surface area contributed by atoms with Crippen LogP contribution in [0.4, 0.5) is 11.5 Å². The van der Waals surface area contributed by atoms with Crippen molar-refractivity contribution in [2.24, 2.45) is 0 Å². The standard InChI is InChI=1S/C22H18N6O3/c1-2-3-11-27-20(26-22(29)14-7-6-8-15(12-14)28(30)31)16(13-23)19-21(27)25-18-10-5-4-9-17(18)24-19/h4-10,12H,2-3,11H2,1H3,(H,26,29). The lowest BCUT2D eigenvalue weighted by Gasteiger charge is -2.11. The molecule has 1 amide bonds. The molecule has 0 atom stereocenters. The molecule has 2 aromatic carbocycles. The van der Waals surface area contributed by atoms with Gasteiger partial charge in [-0.15, -0.1) is 0 Å². The number of aromatic nitrogens is 3. The minimum Gasteiger partial charge on any atom is -0.309 e. The number of anilines is 1. The number of nitrogens with one attached hydrogen (secondary N) is 1. The number of nitro benzene ring substituents is 1. The Hall–Kier alpha value is -4.32. The second kappa shape index (κ2) is 8.20. The molecular formula is C22H18N6O3. The Balaban J connectivity index is 1.86. The molecule has 2 heterocycles. The summed E-state index contributed by atoms with van der Waals surface area (Å²) in [4.78, 5) is 32.7. The fourth-order valence-electron chi connectivity index (χ4n) is 3.41. The number of rotatable bonds is 6. The lowest BCUT2D eigenvalue weighted by atomic mass is 10.2. The van der Waals surface area contributed by atoms with Crippen LogP contribution in [0.2, 0.25) is 0 Å². The maximum atomic E-state index is 12.9. The van der Waals surface area contributed by atoms with Crippen molar-refractivity contribution < 1.29 is 9.72 Å². The van der Waals surface area contributed by atoms with E-state index in [0.29, 0.717) is 28.7 Å². The molecule has 31 heavy (non-hydrogen) atoms. The van der Waals surface area contributed by atoms with Crippen molar-refractivity contribution in [3.63, 3.8) is 0 Å². The SMILES string of the molecule is CCCCn1c(NC(=O)c2cccc([N+](=O)[O-])c2)c(C#N)c2nc3ccccc3nc21. The Morgan fingerprint density at radius 2 is 1.94 bits per heavy atom. The molecule has 0 aliphatic heterocycles. The third kappa shape index (κ3) is 3.67. The quantitative estimate of drug-likeness (QED) is 0.368. The number of benzene rings is 2. The van der Waals surface area contributed by atoms with E-state index in [9.17, 15) is 20.2 Å². The zero-order valence-electron chi connectivity index (χ0n) is 16.7. The minimum atomic E-state index is -0.560. The van der Waals surface area contributed by atoms with E-state index < -0.39 is 10.8 Å². The van der Waals surface area contributed by atoms with Gasteiger partial charge < -0.3 is 9.88 Å². The number of carbonyl (C=O) groups is 1. The maximum Gasteiger partial charge on any atom is 0.270 e. The number of unbranched alkanes of at least 4 members (excludes halogenated alkanes) is 1. The summed E-state index contributed by atoms with van der Waals surface area (Å²) >= 11 is 0. The lowest BCUT2D eigenvalue weighted by Crippen LogP contribution is -2.16. The van der Waals surface area contributed by atoms with Gasteiger partial charge in [0.25, 0.3) is 11.6 Å². The summed E-state index contributed by atoms with van der Waals surface area (Å²) < 4.78 is 1.78. The van der Waals surface area contributed by atoms with E-state index in [1.807, 2.05) is 31.2 Å². The van der Waals surface area contributed by atoms with E-state index in [4.69, 9.17) is 0 Å². The van der Waals surface area contributed by atoms with Gasteiger partial charge in [0, 0.05) is 24.2 Å². The van der Waals surface area contributed by atoms with Gasteiger partial charge in [0.1, 0.15) is 23.0 Å². The van der Waals surface area contributed by atoms with Gasteiger partial charge in [-0.05, 0) is 24.6 Å². The van der Waals surface area contributed by atoms with Gasteiger partial charge in [0.15, 0.2) is 5.65 Å². The van der Waals surface area contributed by atoms with Crippen LogP contribution in [0.25, 0.3) is 22.2 Å². The molecule has 0 saturated heterocycles. The van der Waals surface area contributed by atoms with Crippen molar-refractivity contribution in [2.75, 3.05) is 5.32 Å². The normalized spacial score (nSPS) is 10.8. The summed E-state index contributed by atoms with van der Waals surface area (Å²) in [6.07, 6.45) is 1.71. The molecule has 0 bridgehead atoms. The van der Waals surface area contributed by atoms with Crippen LogP contribution < -0.4 is 5.32 Å². The van der Waals surface area contributed by atoms with Crippen LogP contribution in [0, 0.1) is 21.4 Å². The summed E-state index contributed by atoms with van der Waals surface area (Å²) in [5.74, 6) is -0.261. The minimum absolute atomic E-state index is 0.122. The molecule has 9 nitrogen and oxygen atoms in total. The number of nitrogens with zero attached hydrogens (tertiary/aromatic N) is 5. The number of amides is 1. The number of nitriles is 1. The second-order valence-corrected chi connectivity index (χ2v) is 6.99. The first-order valence-electron chi connectivity index (χ1n) is 9.78. The van der Waals surface area contributed by atoms with E-state index in [-0.39, 0.29) is 22.6 Å². The van der Waals surface area contributed by atoms with Gasteiger partial charge >= 0.3 is 0 Å². The molecule has 0 aliphatic rings. The molecule has 1 N–H and O–H groups in total. The monoisotopic (exact) mass is 414 g/mol. The highest BCUT2D eigenvalue weighted by Crippen LogP contribution is 2.30. The third-order valence-corrected chi connectivity index (χ3v) is 4.95. The number of non-ortho nitro benzene ring substituents is 1. The first kappa shape index (κ1) is 20.0. The van der Waals surface area contributed by atoms with Crippen LogP contribution >= 0.6 is 0 Å². The molecule has 4 aromatic rings. The number of hydrogen-bond acceptors (Lipinski definition) is 6. The average Bonchev–Trinajstić information content (AvgIpc) is 3.07. The zero-order chi connectivity index (χ0) is 22.0. The summed E-state index contributed by atoms with van der Waals surface area (Å²) in [6.45, 7) is 2.57. The van der Waals surface area contributed by atoms with Gasteiger partial charge in [-0.25, -0.2) is 9.97 Å². The van der Waals surface area contributed by atoms with E-state index in [2.05, 4.69) is 21.4 Å². The molecule has 9 heteroatoms. The fraction of sp³-hybridized carbons (Fsp3) is 0.182. The Kier molecular flexibility index (Phi) is 5.28. The first-order valence-corrected chi connectivity index (χ1v) is 9.78. The van der Waals surface area contributed by atoms with Crippen LogP contribution in [0.5, 0.6) is 0 Å². The lowest BCUT2D eigenvalue weighted by molar-refractivity contribution is -0.384. The Bertz CT molecular complexity index is 1370. The Morgan fingerprint density at radius 1 is 1.19 bits per heavy atom. The highest BCUT2D eigenvalue weighted by molar-refractivity contribution is 6.07. The molecule has 154 valence electrons. The number of fused-ring (bicyclic) bond motifs is 2. The van der Waals surface area contributed by atoms with Crippen LogP contribution in [0.3, 0.4) is 0 Å². The van der Waals surface area contributed by atoms with E-state index in [1.54, 1.807) is 4.57 Å². The molecule has 0 saturated carbocycles. The summed E-state index contributed by atoms with van der Waals surface area (Å²) in [7, 11) is 0. The van der Waals surface area contributed by atoms with Crippen LogP contribution in [0.1, 0.15) is 35.7 Å². The van der Waals surface area contributed by atoms with Gasteiger partial charge in [-0.1, -0.05) is 31.5 Å². The van der Waals surface area contributed by atoms with Crippen LogP contribution in [0.15, 0.2) is 48.5 Å². The Labute approximate surface area is 177 Å². The van der Waals surface area contributed by atoms with E-state index in [0.717, 1.165) is 12.8 Å². The maximum absolute atomic E-state index is 12.9. The predicted molar refractivity (Wildman–Crippen MR) is 116 cm³/mol. The van der Waals surface area contributed by atoms with Crippen molar-refractivity contribution in [3.8, 4) is 6.07 Å².